The minimum Gasteiger partial charge on any atom is -0.497 e. The molecular weight excluding hydrogens is 406 g/mol. The van der Waals surface area contributed by atoms with E-state index < -0.39 is 5.91 Å². The Morgan fingerprint density at radius 2 is 2.12 bits per heavy atom. The Labute approximate surface area is 187 Å². The van der Waals surface area contributed by atoms with Crippen LogP contribution in [0.5, 0.6) is 5.75 Å². The summed E-state index contributed by atoms with van der Waals surface area (Å²) in [6, 6.07) is 14.6. The molecule has 0 fully saturated rings. The molecule has 32 heavy (non-hydrogen) atoms. The summed E-state index contributed by atoms with van der Waals surface area (Å²) >= 11 is 0. The number of aliphatic hydroxyl groups excluding tert-OH is 1. The lowest BCUT2D eigenvalue weighted by Gasteiger charge is -2.29. The van der Waals surface area contributed by atoms with Gasteiger partial charge in [-0.1, -0.05) is 18.2 Å². The number of aromatic nitrogens is 1. The van der Waals surface area contributed by atoms with Crippen molar-refractivity contribution in [2.24, 2.45) is 0 Å². The fraction of sp³-hybridized carbons (Fsp3) is 0.320. The summed E-state index contributed by atoms with van der Waals surface area (Å²) in [6.07, 6.45) is 5.82. The van der Waals surface area contributed by atoms with E-state index in [0.717, 1.165) is 53.7 Å². The summed E-state index contributed by atoms with van der Waals surface area (Å²) in [6.45, 7) is 1.58. The van der Waals surface area contributed by atoms with E-state index in [4.69, 9.17) is 9.94 Å². The number of methoxy groups -OCH3 is 1. The van der Waals surface area contributed by atoms with Crippen molar-refractivity contribution >= 4 is 22.9 Å². The van der Waals surface area contributed by atoms with Crippen LogP contribution in [-0.2, 0) is 17.6 Å². The second kappa shape index (κ2) is 9.99. The van der Waals surface area contributed by atoms with Crippen LogP contribution >= 0.6 is 0 Å². The number of carbonyl (C=O) groups excluding carboxylic acids is 1. The minimum atomic E-state index is -0.548. The maximum Gasteiger partial charge on any atom is 0.267 e. The number of nitrogens with one attached hydrogen (secondary N) is 2. The van der Waals surface area contributed by atoms with Crippen LogP contribution in [0.15, 0.2) is 48.5 Å². The Morgan fingerprint density at radius 3 is 2.91 bits per heavy atom. The van der Waals surface area contributed by atoms with E-state index in [1.807, 2.05) is 24.3 Å². The monoisotopic (exact) mass is 435 g/mol. The number of hydrogen-bond acceptors (Lipinski definition) is 5. The summed E-state index contributed by atoms with van der Waals surface area (Å²) in [5, 5.41) is 19.4. The topological polar surface area (TPSA) is 97.8 Å². The molecule has 1 amide bonds. The number of carbonyl (C=O) groups is 1. The number of hydrogen-bond donors (Lipinski definition) is 4. The van der Waals surface area contributed by atoms with E-state index in [2.05, 4.69) is 28.1 Å². The van der Waals surface area contributed by atoms with E-state index in [0.29, 0.717) is 6.54 Å². The van der Waals surface area contributed by atoms with Crippen LogP contribution < -0.4 is 10.2 Å². The maximum absolute atomic E-state index is 11.2. The molecule has 0 aliphatic heterocycles. The summed E-state index contributed by atoms with van der Waals surface area (Å²) in [5.41, 5.74) is 7.33. The lowest BCUT2D eigenvalue weighted by atomic mass is 10.0. The molecule has 1 unspecified atom stereocenters. The van der Waals surface area contributed by atoms with Gasteiger partial charge in [0, 0.05) is 48.2 Å². The molecule has 2 aromatic carbocycles. The van der Waals surface area contributed by atoms with Crippen LogP contribution in [0.4, 0.5) is 0 Å². The first-order chi connectivity index (χ1) is 15.6. The van der Waals surface area contributed by atoms with Gasteiger partial charge < -0.3 is 14.8 Å². The third-order valence-electron chi connectivity index (χ3n) is 6.13. The first-order valence-corrected chi connectivity index (χ1v) is 10.9. The maximum atomic E-state index is 11.2. The largest absolute Gasteiger partial charge is 0.497 e. The van der Waals surface area contributed by atoms with Crippen molar-refractivity contribution in [3.05, 3.63) is 70.9 Å². The number of aromatic amines is 1. The van der Waals surface area contributed by atoms with Gasteiger partial charge in [-0.15, -0.1) is 0 Å². The highest BCUT2D eigenvalue weighted by Crippen LogP contribution is 2.36. The molecular formula is C25H29N3O4. The molecule has 1 atom stereocenters. The van der Waals surface area contributed by atoms with Crippen LogP contribution in [0.1, 0.15) is 34.8 Å². The van der Waals surface area contributed by atoms with Gasteiger partial charge in [0.2, 0.25) is 0 Å². The van der Waals surface area contributed by atoms with Crippen molar-refractivity contribution in [3.63, 3.8) is 0 Å². The molecule has 1 aromatic heterocycles. The van der Waals surface area contributed by atoms with Crippen LogP contribution in [0.25, 0.3) is 17.0 Å². The highest BCUT2D eigenvalue weighted by atomic mass is 16.5. The quantitative estimate of drug-likeness (QED) is 0.235. The van der Waals surface area contributed by atoms with Gasteiger partial charge in [0.25, 0.3) is 5.91 Å². The third kappa shape index (κ3) is 4.85. The molecule has 7 nitrogen and oxygen atoms in total. The number of aryl methyl sites for hydroxylation is 1. The van der Waals surface area contributed by atoms with Gasteiger partial charge in [-0.05, 0) is 59.9 Å². The smallest absolute Gasteiger partial charge is 0.267 e. The van der Waals surface area contributed by atoms with Crippen LogP contribution in [0.2, 0.25) is 0 Å². The molecule has 0 radical (unpaired) electrons. The Bertz CT molecular complexity index is 1120. The fourth-order valence-corrected chi connectivity index (χ4v) is 4.56. The van der Waals surface area contributed by atoms with Crippen LogP contribution in [-0.4, -0.2) is 52.9 Å². The molecule has 1 aliphatic carbocycles. The highest BCUT2D eigenvalue weighted by molar-refractivity contribution is 5.90. The summed E-state index contributed by atoms with van der Waals surface area (Å²) in [4.78, 5) is 17.1. The minimum absolute atomic E-state index is 0.118. The second-order valence-corrected chi connectivity index (χ2v) is 8.08. The Morgan fingerprint density at radius 1 is 1.25 bits per heavy atom. The van der Waals surface area contributed by atoms with E-state index in [1.165, 1.54) is 17.2 Å². The number of nitrogens with zero attached hydrogens (tertiary/aromatic N) is 1. The first-order valence-electron chi connectivity index (χ1n) is 10.9. The van der Waals surface area contributed by atoms with Gasteiger partial charge in [0.1, 0.15) is 5.75 Å². The number of fused-ring (bicyclic) bond motifs is 2. The van der Waals surface area contributed by atoms with E-state index in [1.54, 1.807) is 18.7 Å². The molecule has 4 rings (SSSR count). The molecule has 0 bridgehead atoms. The lowest BCUT2D eigenvalue weighted by molar-refractivity contribution is -0.124. The molecule has 168 valence electrons. The molecule has 0 saturated carbocycles. The SMILES string of the molecule is COc1ccc2[nH]c(CCN(CCO)C3CCc4cc(/C=C/C(=O)NO)ccc43)cc2c1. The summed E-state index contributed by atoms with van der Waals surface area (Å²) in [7, 11) is 1.67. The molecule has 1 aliphatic rings. The van der Waals surface area contributed by atoms with Crippen LogP contribution in [0, 0.1) is 0 Å². The standard InChI is InChI=1S/C25H29N3O4/c1-32-21-5-7-23-19(16-21)15-20(26-23)10-11-28(12-13-29)24-8-4-18-14-17(2-6-22(18)24)3-9-25(30)27-31/h2-3,5-7,9,14-16,24,26,29,31H,4,8,10-13H2,1H3,(H,27,30)/b9-3+. The average Bonchev–Trinajstić information content (AvgIpc) is 3.42. The van der Waals surface area contributed by atoms with Gasteiger partial charge >= 0.3 is 0 Å². The predicted molar refractivity (Wildman–Crippen MR) is 124 cm³/mol. The number of rotatable bonds is 9. The van der Waals surface area contributed by atoms with Crippen molar-refractivity contribution in [2.75, 3.05) is 26.8 Å². The highest BCUT2D eigenvalue weighted by Gasteiger charge is 2.27. The predicted octanol–water partition coefficient (Wildman–Crippen LogP) is 3.22. The van der Waals surface area contributed by atoms with Crippen molar-refractivity contribution in [3.8, 4) is 5.75 Å². The zero-order chi connectivity index (χ0) is 22.5. The third-order valence-corrected chi connectivity index (χ3v) is 6.13. The molecule has 4 N–H and O–H groups in total. The normalized spacial score (nSPS) is 15.6. The number of amides is 1. The zero-order valence-electron chi connectivity index (χ0n) is 18.2. The summed E-state index contributed by atoms with van der Waals surface area (Å²) in [5.74, 6) is 0.298. The number of benzene rings is 2. The lowest BCUT2D eigenvalue weighted by Crippen LogP contribution is -2.32. The van der Waals surface area contributed by atoms with Crippen molar-refractivity contribution in [1.82, 2.24) is 15.4 Å². The van der Waals surface area contributed by atoms with Gasteiger partial charge in [0.05, 0.1) is 13.7 Å². The average molecular weight is 436 g/mol. The van der Waals surface area contributed by atoms with E-state index >= 15 is 0 Å². The molecule has 7 heteroatoms. The van der Waals surface area contributed by atoms with Gasteiger partial charge in [0.15, 0.2) is 0 Å². The van der Waals surface area contributed by atoms with Gasteiger partial charge in [-0.2, -0.15) is 0 Å². The second-order valence-electron chi connectivity index (χ2n) is 8.08. The molecule has 0 saturated heterocycles. The number of ether oxygens (including phenoxy) is 1. The van der Waals surface area contributed by atoms with E-state index in [9.17, 15) is 9.90 Å². The van der Waals surface area contributed by atoms with Crippen LogP contribution in [0.3, 0.4) is 0 Å². The van der Waals surface area contributed by atoms with Gasteiger partial charge in [-0.3, -0.25) is 14.9 Å². The van der Waals surface area contributed by atoms with Gasteiger partial charge in [-0.25, -0.2) is 5.48 Å². The fourth-order valence-electron chi connectivity index (χ4n) is 4.56. The van der Waals surface area contributed by atoms with Crippen molar-refractivity contribution in [2.45, 2.75) is 25.3 Å². The zero-order valence-corrected chi connectivity index (χ0v) is 18.2. The van der Waals surface area contributed by atoms with Crippen molar-refractivity contribution < 1.29 is 19.8 Å². The van der Waals surface area contributed by atoms with Crippen molar-refractivity contribution in [1.29, 1.82) is 0 Å². The first kappa shape index (κ1) is 22.1. The number of hydroxylamine groups is 1. The molecule has 0 spiro atoms. The summed E-state index contributed by atoms with van der Waals surface area (Å²) < 4.78 is 5.32. The number of aliphatic hydroxyl groups is 1. The number of H-pyrrole nitrogens is 1. The Kier molecular flexibility index (Phi) is 6.90. The van der Waals surface area contributed by atoms with E-state index in [-0.39, 0.29) is 12.6 Å². The molecule has 1 heterocycles. The Hall–Kier alpha value is -3.13. The Balaban J connectivity index is 1.47. The molecule has 3 aromatic rings.